The smallest absolute Gasteiger partial charge is 0.234 e. The minimum atomic E-state index is -0.0887. The number of nitrogens with zero attached hydrogens (tertiary/aromatic N) is 2. The third-order valence-electron chi connectivity index (χ3n) is 3.07. The van der Waals surface area contributed by atoms with Crippen LogP contribution >= 0.6 is 0 Å². The molecule has 7 nitrogen and oxygen atoms in total. The molecule has 7 heteroatoms. The average Bonchev–Trinajstić information content (AvgIpc) is 2.48. The van der Waals surface area contributed by atoms with E-state index in [0.717, 1.165) is 26.2 Å². The molecule has 0 aliphatic carbocycles. The molecular weight excluding hydrogens is 272 g/mol. The summed E-state index contributed by atoms with van der Waals surface area (Å²) in [7, 11) is 0. The van der Waals surface area contributed by atoms with E-state index in [1.165, 1.54) is 6.92 Å². The van der Waals surface area contributed by atoms with Crippen molar-refractivity contribution in [2.75, 3.05) is 59.0 Å². The molecule has 1 fully saturated rings. The molecule has 0 unspecified atom stereocenters. The normalized spacial score (nSPS) is 15.8. The van der Waals surface area contributed by atoms with Gasteiger partial charge in [-0.3, -0.25) is 19.4 Å². The summed E-state index contributed by atoms with van der Waals surface area (Å²) < 4.78 is 0. The number of aliphatic hydroxyl groups is 1. The summed E-state index contributed by atoms with van der Waals surface area (Å²) in [6, 6.07) is 0. The van der Waals surface area contributed by atoms with E-state index in [4.69, 9.17) is 5.11 Å². The molecule has 0 aromatic heterocycles. The first kappa shape index (κ1) is 19.8. The van der Waals surface area contributed by atoms with Gasteiger partial charge in [0.05, 0.1) is 13.2 Å². The van der Waals surface area contributed by atoms with Gasteiger partial charge in [-0.2, -0.15) is 0 Å². The largest absolute Gasteiger partial charge is 0.395 e. The standard InChI is InChI=1S/C12H24N4O3.C2H6/c1-11(18)13-2-3-14-12(19)10-16-6-4-15(5-7-16)8-9-17;1-2/h17H,2-10H2,1H3,(H,13,18)(H,14,19);1-2H3. The summed E-state index contributed by atoms with van der Waals surface area (Å²) in [6.45, 7) is 11.1. The minimum absolute atomic E-state index is 0.0130. The van der Waals surface area contributed by atoms with Crippen LogP contribution in [0.5, 0.6) is 0 Å². The Hall–Kier alpha value is -1.18. The van der Waals surface area contributed by atoms with Gasteiger partial charge in [-0.25, -0.2) is 0 Å². The molecule has 0 saturated carbocycles. The van der Waals surface area contributed by atoms with Crippen molar-refractivity contribution in [1.82, 2.24) is 20.4 Å². The molecule has 1 rings (SSSR count). The van der Waals surface area contributed by atoms with Crippen molar-refractivity contribution in [1.29, 1.82) is 0 Å². The lowest BCUT2D eigenvalue weighted by Gasteiger charge is -2.33. The number of nitrogens with one attached hydrogen (secondary N) is 2. The van der Waals surface area contributed by atoms with Crippen molar-refractivity contribution in [3.63, 3.8) is 0 Å². The molecule has 1 aliphatic heterocycles. The molecule has 1 aliphatic rings. The van der Waals surface area contributed by atoms with Crippen LogP contribution in [0, 0.1) is 0 Å². The van der Waals surface area contributed by atoms with E-state index in [1.54, 1.807) is 0 Å². The summed E-state index contributed by atoms with van der Waals surface area (Å²) >= 11 is 0. The van der Waals surface area contributed by atoms with Crippen molar-refractivity contribution < 1.29 is 14.7 Å². The molecule has 0 bridgehead atoms. The molecule has 0 spiro atoms. The van der Waals surface area contributed by atoms with Gasteiger partial charge in [0.25, 0.3) is 0 Å². The molecule has 124 valence electrons. The molecule has 3 N–H and O–H groups in total. The van der Waals surface area contributed by atoms with Crippen LogP contribution in [0.1, 0.15) is 20.8 Å². The number of piperazine rings is 1. The number of β-amino-alcohol motifs (C(OH)–C–C–N with tert-alkyl or cyclic N) is 1. The molecule has 1 saturated heterocycles. The third kappa shape index (κ3) is 10.2. The summed E-state index contributed by atoms with van der Waals surface area (Å²) in [5.41, 5.74) is 0. The zero-order valence-electron chi connectivity index (χ0n) is 13.5. The van der Waals surface area contributed by atoms with Crippen LogP contribution in [0.25, 0.3) is 0 Å². The Balaban J connectivity index is 0.00000191. The molecule has 1 heterocycles. The summed E-state index contributed by atoms with van der Waals surface area (Å²) in [5, 5.41) is 14.2. The van der Waals surface area contributed by atoms with E-state index in [1.807, 2.05) is 13.8 Å². The van der Waals surface area contributed by atoms with E-state index >= 15 is 0 Å². The first-order valence-corrected chi connectivity index (χ1v) is 7.68. The first-order chi connectivity index (χ1) is 10.1. The van der Waals surface area contributed by atoms with Crippen LogP contribution in [0.4, 0.5) is 0 Å². The average molecular weight is 302 g/mol. The number of carbonyl (C=O) groups excluding carboxylic acids is 2. The van der Waals surface area contributed by atoms with Gasteiger partial charge in [0.15, 0.2) is 0 Å². The minimum Gasteiger partial charge on any atom is -0.395 e. The number of aliphatic hydroxyl groups excluding tert-OH is 1. The maximum absolute atomic E-state index is 11.6. The highest BCUT2D eigenvalue weighted by atomic mass is 16.3. The van der Waals surface area contributed by atoms with E-state index in [9.17, 15) is 9.59 Å². The highest BCUT2D eigenvalue weighted by Gasteiger charge is 2.18. The number of hydrogen-bond donors (Lipinski definition) is 3. The van der Waals surface area contributed by atoms with Crippen LogP contribution in [0.3, 0.4) is 0 Å². The van der Waals surface area contributed by atoms with Gasteiger partial charge in [0, 0.05) is 52.7 Å². The Morgan fingerprint density at radius 3 is 2.05 bits per heavy atom. The van der Waals surface area contributed by atoms with E-state index in [0.29, 0.717) is 26.2 Å². The van der Waals surface area contributed by atoms with Gasteiger partial charge < -0.3 is 15.7 Å². The first-order valence-electron chi connectivity index (χ1n) is 7.68. The van der Waals surface area contributed by atoms with Gasteiger partial charge in [0.2, 0.25) is 11.8 Å². The Bertz CT molecular complexity index is 292. The van der Waals surface area contributed by atoms with Crippen LogP contribution < -0.4 is 10.6 Å². The van der Waals surface area contributed by atoms with E-state index < -0.39 is 0 Å². The maximum atomic E-state index is 11.6. The van der Waals surface area contributed by atoms with Crippen molar-refractivity contribution in [2.45, 2.75) is 20.8 Å². The second-order valence-corrected chi connectivity index (χ2v) is 4.67. The van der Waals surface area contributed by atoms with Crippen LogP contribution in [-0.2, 0) is 9.59 Å². The lowest BCUT2D eigenvalue weighted by molar-refractivity contribution is -0.123. The highest BCUT2D eigenvalue weighted by Crippen LogP contribution is 2.00. The topological polar surface area (TPSA) is 84.9 Å². The molecule has 0 radical (unpaired) electrons. The number of amides is 2. The van der Waals surface area contributed by atoms with Crippen molar-refractivity contribution in [2.24, 2.45) is 0 Å². The zero-order valence-corrected chi connectivity index (χ0v) is 13.5. The zero-order chi connectivity index (χ0) is 16.1. The van der Waals surface area contributed by atoms with Gasteiger partial charge in [-0.15, -0.1) is 0 Å². The Morgan fingerprint density at radius 2 is 1.52 bits per heavy atom. The monoisotopic (exact) mass is 302 g/mol. The van der Waals surface area contributed by atoms with Crippen molar-refractivity contribution in [3.8, 4) is 0 Å². The molecule has 0 aromatic carbocycles. The predicted octanol–water partition coefficient (Wildman–Crippen LogP) is -1.13. The van der Waals surface area contributed by atoms with Gasteiger partial charge in [-0.05, 0) is 0 Å². The molecule has 0 aromatic rings. The van der Waals surface area contributed by atoms with E-state index in [2.05, 4.69) is 20.4 Å². The lowest BCUT2D eigenvalue weighted by Crippen LogP contribution is -2.50. The van der Waals surface area contributed by atoms with Gasteiger partial charge in [-0.1, -0.05) is 13.8 Å². The highest BCUT2D eigenvalue weighted by molar-refractivity contribution is 5.78. The predicted molar refractivity (Wildman–Crippen MR) is 83.0 cm³/mol. The van der Waals surface area contributed by atoms with Crippen LogP contribution in [0.2, 0.25) is 0 Å². The second kappa shape index (κ2) is 12.6. The second-order valence-electron chi connectivity index (χ2n) is 4.67. The fourth-order valence-electron chi connectivity index (χ4n) is 2.01. The SMILES string of the molecule is CC.CC(=O)NCCNC(=O)CN1CCN(CCO)CC1. The third-order valence-corrected chi connectivity index (χ3v) is 3.07. The maximum Gasteiger partial charge on any atom is 0.234 e. The quantitative estimate of drug-likeness (QED) is 0.519. The Morgan fingerprint density at radius 1 is 1.00 bits per heavy atom. The van der Waals surface area contributed by atoms with Crippen molar-refractivity contribution >= 4 is 11.8 Å². The van der Waals surface area contributed by atoms with Gasteiger partial charge in [0.1, 0.15) is 0 Å². The fourth-order valence-corrected chi connectivity index (χ4v) is 2.01. The van der Waals surface area contributed by atoms with Crippen molar-refractivity contribution in [3.05, 3.63) is 0 Å². The molecule has 0 atom stereocenters. The Kier molecular flexibility index (Phi) is 11.8. The fraction of sp³-hybridized carbons (Fsp3) is 0.857. The van der Waals surface area contributed by atoms with E-state index in [-0.39, 0.29) is 18.4 Å². The molecule has 2 amide bonds. The van der Waals surface area contributed by atoms with Crippen LogP contribution in [0.15, 0.2) is 0 Å². The number of rotatable bonds is 7. The summed E-state index contributed by atoms with van der Waals surface area (Å²) in [6.07, 6.45) is 0. The van der Waals surface area contributed by atoms with Gasteiger partial charge >= 0.3 is 0 Å². The summed E-state index contributed by atoms with van der Waals surface area (Å²) in [5.74, 6) is -0.102. The van der Waals surface area contributed by atoms with Crippen LogP contribution in [-0.4, -0.2) is 85.7 Å². The number of carbonyl (C=O) groups is 2. The molecule has 21 heavy (non-hydrogen) atoms. The lowest BCUT2D eigenvalue weighted by atomic mass is 10.3. The summed E-state index contributed by atoms with van der Waals surface area (Å²) in [4.78, 5) is 26.6. The number of hydrogen-bond acceptors (Lipinski definition) is 5. The Labute approximate surface area is 127 Å². The molecular formula is C14H30N4O3.